The number of ether oxygens (including phenoxy) is 2. The first kappa shape index (κ1) is 12.5. The second-order valence-corrected chi connectivity index (χ2v) is 3.93. The van der Waals surface area contributed by atoms with Gasteiger partial charge in [0.05, 0.1) is 19.1 Å². The lowest BCUT2D eigenvalue weighted by molar-refractivity contribution is -0.148. The number of hydrogen-bond donors (Lipinski definition) is 0. The molecule has 0 radical (unpaired) electrons. The summed E-state index contributed by atoms with van der Waals surface area (Å²) >= 11 is 0. The standard InChI is InChI=1S/C11H21NO3/c1-3-10(2)11(13)15-9-6-12-4-7-14-8-5-12/h10H,3-9H2,1-2H3. The van der Waals surface area contributed by atoms with Crippen molar-refractivity contribution in [2.24, 2.45) is 5.92 Å². The topological polar surface area (TPSA) is 38.8 Å². The van der Waals surface area contributed by atoms with Crippen molar-refractivity contribution < 1.29 is 14.3 Å². The summed E-state index contributed by atoms with van der Waals surface area (Å²) in [6.45, 7) is 8.69. The molecule has 4 nitrogen and oxygen atoms in total. The molecular weight excluding hydrogens is 194 g/mol. The van der Waals surface area contributed by atoms with Crippen molar-refractivity contribution in [2.45, 2.75) is 20.3 Å². The minimum atomic E-state index is -0.0780. The second-order valence-electron chi connectivity index (χ2n) is 3.93. The van der Waals surface area contributed by atoms with Gasteiger partial charge in [0.15, 0.2) is 0 Å². The highest BCUT2D eigenvalue weighted by molar-refractivity contribution is 5.71. The Morgan fingerprint density at radius 1 is 1.47 bits per heavy atom. The summed E-state index contributed by atoms with van der Waals surface area (Å²) in [5.41, 5.74) is 0. The first-order valence-corrected chi connectivity index (χ1v) is 5.70. The van der Waals surface area contributed by atoms with Gasteiger partial charge in [-0.2, -0.15) is 0 Å². The SMILES string of the molecule is CCC(C)C(=O)OCCN1CCOCC1. The molecule has 0 N–H and O–H groups in total. The molecular formula is C11H21NO3. The first-order chi connectivity index (χ1) is 7.24. The predicted molar refractivity (Wildman–Crippen MR) is 57.7 cm³/mol. The molecule has 1 rings (SSSR count). The molecule has 1 fully saturated rings. The smallest absolute Gasteiger partial charge is 0.308 e. The Balaban J connectivity index is 2.07. The zero-order valence-electron chi connectivity index (χ0n) is 9.70. The molecule has 4 heteroatoms. The monoisotopic (exact) mass is 215 g/mol. The molecule has 0 aromatic carbocycles. The van der Waals surface area contributed by atoms with Gasteiger partial charge in [-0.1, -0.05) is 13.8 Å². The minimum Gasteiger partial charge on any atom is -0.464 e. The van der Waals surface area contributed by atoms with Crippen LogP contribution in [0.1, 0.15) is 20.3 Å². The zero-order chi connectivity index (χ0) is 11.1. The van der Waals surface area contributed by atoms with Crippen molar-refractivity contribution in [1.29, 1.82) is 0 Å². The Labute approximate surface area is 91.5 Å². The van der Waals surface area contributed by atoms with E-state index in [2.05, 4.69) is 4.90 Å². The van der Waals surface area contributed by atoms with E-state index in [4.69, 9.17) is 9.47 Å². The summed E-state index contributed by atoms with van der Waals surface area (Å²) in [6.07, 6.45) is 0.844. The molecule has 1 heterocycles. The molecule has 0 aromatic rings. The van der Waals surface area contributed by atoms with Gasteiger partial charge in [0, 0.05) is 19.6 Å². The van der Waals surface area contributed by atoms with Gasteiger partial charge in [-0.05, 0) is 6.42 Å². The number of hydrogen-bond acceptors (Lipinski definition) is 4. The van der Waals surface area contributed by atoms with Crippen molar-refractivity contribution >= 4 is 5.97 Å². The van der Waals surface area contributed by atoms with Gasteiger partial charge in [-0.15, -0.1) is 0 Å². The van der Waals surface area contributed by atoms with Crippen molar-refractivity contribution in [2.75, 3.05) is 39.5 Å². The summed E-state index contributed by atoms with van der Waals surface area (Å²) < 4.78 is 10.4. The predicted octanol–water partition coefficient (Wildman–Crippen LogP) is 0.908. The molecule has 1 atom stereocenters. The van der Waals surface area contributed by atoms with Crippen LogP contribution in [0.5, 0.6) is 0 Å². The maximum atomic E-state index is 11.4. The van der Waals surface area contributed by atoms with E-state index in [1.807, 2.05) is 13.8 Å². The molecule has 0 aromatic heterocycles. The van der Waals surface area contributed by atoms with E-state index < -0.39 is 0 Å². The second kappa shape index (κ2) is 6.80. The minimum absolute atomic E-state index is 0.0229. The van der Waals surface area contributed by atoms with Gasteiger partial charge in [-0.3, -0.25) is 9.69 Å². The van der Waals surface area contributed by atoms with Crippen molar-refractivity contribution in [3.05, 3.63) is 0 Å². The summed E-state index contributed by atoms with van der Waals surface area (Å²) in [5, 5.41) is 0. The summed E-state index contributed by atoms with van der Waals surface area (Å²) in [7, 11) is 0. The van der Waals surface area contributed by atoms with Crippen LogP contribution < -0.4 is 0 Å². The van der Waals surface area contributed by atoms with Crippen LogP contribution in [-0.4, -0.2) is 50.3 Å². The van der Waals surface area contributed by atoms with E-state index in [1.165, 1.54) is 0 Å². The van der Waals surface area contributed by atoms with Crippen LogP contribution >= 0.6 is 0 Å². The van der Waals surface area contributed by atoms with Crippen LogP contribution in [0.3, 0.4) is 0 Å². The zero-order valence-corrected chi connectivity index (χ0v) is 9.70. The molecule has 0 spiro atoms. The Kier molecular flexibility index (Phi) is 5.65. The van der Waals surface area contributed by atoms with E-state index in [-0.39, 0.29) is 11.9 Å². The fourth-order valence-corrected chi connectivity index (χ4v) is 1.41. The molecule has 1 aliphatic rings. The highest BCUT2D eigenvalue weighted by Gasteiger charge is 2.13. The highest BCUT2D eigenvalue weighted by atomic mass is 16.5. The lowest BCUT2D eigenvalue weighted by Gasteiger charge is -2.26. The van der Waals surface area contributed by atoms with Gasteiger partial charge >= 0.3 is 5.97 Å². The van der Waals surface area contributed by atoms with E-state index in [0.717, 1.165) is 39.3 Å². The number of carbonyl (C=O) groups excluding carboxylic acids is 1. The van der Waals surface area contributed by atoms with E-state index in [0.29, 0.717) is 6.61 Å². The lowest BCUT2D eigenvalue weighted by atomic mass is 10.1. The van der Waals surface area contributed by atoms with Crippen LogP contribution in [0.4, 0.5) is 0 Å². The molecule has 88 valence electrons. The Bertz CT molecular complexity index is 190. The molecule has 1 unspecified atom stereocenters. The highest BCUT2D eigenvalue weighted by Crippen LogP contribution is 2.03. The van der Waals surface area contributed by atoms with Crippen LogP contribution in [0.15, 0.2) is 0 Å². The largest absolute Gasteiger partial charge is 0.464 e. The number of esters is 1. The average Bonchev–Trinajstić information content (AvgIpc) is 2.29. The quantitative estimate of drug-likeness (QED) is 0.639. The maximum absolute atomic E-state index is 11.4. The third kappa shape index (κ3) is 4.62. The van der Waals surface area contributed by atoms with Crippen LogP contribution in [0.2, 0.25) is 0 Å². The van der Waals surface area contributed by atoms with Gasteiger partial charge in [0.25, 0.3) is 0 Å². The molecule has 0 aliphatic carbocycles. The van der Waals surface area contributed by atoms with E-state index in [9.17, 15) is 4.79 Å². The summed E-state index contributed by atoms with van der Waals surface area (Å²) in [5.74, 6) is -0.0551. The third-order valence-corrected chi connectivity index (χ3v) is 2.77. The fraction of sp³-hybridized carbons (Fsp3) is 0.909. The number of carbonyl (C=O) groups is 1. The summed E-state index contributed by atoms with van der Waals surface area (Å²) in [4.78, 5) is 13.6. The number of morpholine rings is 1. The molecule has 0 amide bonds. The van der Waals surface area contributed by atoms with Gasteiger partial charge < -0.3 is 9.47 Å². The fourth-order valence-electron chi connectivity index (χ4n) is 1.41. The van der Waals surface area contributed by atoms with Gasteiger partial charge in [0.1, 0.15) is 6.61 Å². The Morgan fingerprint density at radius 2 is 2.13 bits per heavy atom. The van der Waals surface area contributed by atoms with Crippen molar-refractivity contribution in [1.82, 2.24) is 4.90 Å². The van der Waals surface area contributed by atoms with Gasteiger partial charge in [-0.25, -0.2) is 0 Å². The van der Waals surface area contributed by atoms with Crippen molar-refractivity contribution in [3.8, 4) is 0 Å². The van der Waals surface area contributed by atoms with E-state index in [1.54, 1.807) is 0 Å². The van der Waals surface area contributed by atoms with Crippen LogP contribution in [-0.2, 0) is 14.3 Å². The number of rotatable bonds is 5. The normalized spacial score (nSPS) is 19.9. The van der Waals surface area contributed by atoms with Crippen molar-refractivity contribution in [3.63, 3.8) is 0 Å². The third-order valence-electron chi connectivity index (χ3n) is 2.77. The number of nitrogens with zero attached hydrogens (tertiary/aromatic N) is 1. The Hall–Kier alpha value is -0.610. The maximum Gasteiger partial charge on any atom is 0.308 e. The van der Waals surface area contributed by atoms with Gasteiger partial charge in [0.2, 0.25) is 0 Å². The van der Waals surface area contributed by atoms with Crippen LogP contribution in [0.25, 0.3) is 0 Å². The first-order valence-electron chi connectivity index (χ1n) is 5.70. The Morgan fingerprint density at radius 3 is 2.73 bits per heavy atom. The average molecular weight is 215 g/mol. The molecule has 0 bridgehead atoms. The summed E-state index contributed by atoms with van der Waals surface area (Å²) in [6, 6.07) is 0. The van der Waals surface area contributed by atoms with E-state index >= 15 is 0 Å². The molecule has 0 saturated carbocycles. The molecule has 1 saturated heterocycles. The molecule has 1 aliphatic heterocycles. The molecule has 15 heavy (non-hydrogen) atoms. The van der Waals surface area contributed by atoms with Crippen LogP contribution in [0, 0.1) is 5.92 Å². The lowest BCUT2D eigenvalue weighted by Crippen LogP contribution is -2.38.